The van der Waals surface area contributed by atoms with E-state index in [0.29, 0.717) is 5.56 Å². The summed E-state index contributed by atoms with van der Waals surface area (Å²) < 4.78 is 26.9. The van der Waals surface area contributed by atoms with Gasteiger partial charge in [0.2, 0.25) is 0 Å². The predicted molar refractivity (Wildman–Crippen MR) is 76.5 cm³/mol. The Morgan fingerprint density at radius 1 is 1.25 bits per heavy atom. The molecule has 2 fully saturated rings. The van der Waals surface area contributed by atoms with Crippen LogP contribution >= 0.6 is 0 Å². The van der Waals surface area contributed by atoms with E-state index in [9.17, 15) is 8.78 Å². The van der Waals surface area contributed by atoms with E-state index in [1.165, 1.54) is 25.3 Å². The first-order valence-electron chi connectivity index (χ1n) is 7.76. The molecule has 0 aromatic heterocycles. The molecule has 2 atom stereocenters. The van der Waals surface area contributed by atoms with Crippen molar-refractivity contribution in [3.05, 3.63) is 35.4 Å². The molecular weight excluding hydrogens is 256 g/mol. The molecule has 110 valence electrons. The van der Waals surface area contributed by atoms with Gasteiger partial charge in [0.15, 0.2) is 0 Å². The van der Waals surface area contributed by atoms with Crippen LogP contribution in [0.5, 0.6) is 0 Å². The molecule has 2 aliphatic rings. The molecule has 2 unspecified atom stereocenters. The Morgan fingerprint density at radius 2 is 2.00 bits per heavy atom. The molecule has 3 rings (SSSR count). The zero-order chi connectivity index (χ0) is 14.2. The standard InChI is InChI=1S/C17H23F2N/c1-2-5-20-11-17(9-13-6-14(13)10-17)8-12-3-4-15(18)7-16(12)19/h3-4,7,13-14,20H,2,5-6,8-11H2,1H3. The summed E-state index contributed by atoms with van der Waals surface area (Å²) in [7, 11) is 0. The highest BCUT2D eigenvalue weighted by Crippen LogP contribution is 2.60. The number of benzene rings is 1. The van der Waals surface area contributed by atoms with Crippen LogP contribution in [-0.4, -0.2) is 13.1 Å². The normalized spacial score (nSPS) is 31.4. The highest BCUT2D eigenvalue weighted by atomic mass is 19.1. The molecule has 2 aliphatic carbocycles. The van der Waals surface area contributed by atoms with Gasteiger partial charge in [-0.05, 0) is 67.5 Å². The monoisotopic (exact) mass is 279 g/mol. The maximum Gasteiger partial charge on any atom is 0.129 e. The van der Waals surface area contributed by atoms with Gasteiger partial charge in [0.25, 0.3) is 0 Å². The third-order valence-electron chi connectivity index (χ3n) is 4.97. The number of hydrogen-bond donors (Lipinski definition) is 1. The van der Waals surface area contributed by atoms with Gasteiger partial charge < -0.3 is 5.32 Å². The summed E-state index contributed by atoms with van der Waals surface area (Å²) in [6, 6.07) is 4.01. The van der Waals surface area contributed by atoms with Crippen LogP contribution in [0.25, 0.3) is 0 Å². The van der Waals surface area contributed by atoms with Gasteiger partial charge in [0, 0.05) is 12.6 Å². The van der Waals surface area contributed by atoms with Crippen molar-refractivity contribution in [1.29, 1.82) is 0 Å². The maximum absolute atomic E-state index is 13.9. The summed E-state index contributed by atoms with van der Waals surface area (Å²) in [5.41, 5.74) is 0.854. The second-order valence-corrected chi connectivity index (χ2v) is 6.75. The van der Waals surface area contributed by atoms with E-state index in [2.05, 4.69) is 12.2 Å². The highest BCUT2D eigenvalue weighted by molar-refractivity contribution is 5.22. The van der Waals surface area contributed by atoms with Gasteiger partial charge in [-0.1, -0.05) is 13.0 Å². The molecule has 0 bridgehead atoms. The summed E-state index contributed by atoms with van der Waals surface area (Å²) in [4.78, 5) is 0. The van der Waals surface area contributed by atoms with E-state index < -0.39 is 5.82 Å². The minimum Gasteiger partial charge on any atom is -0.316 e. The molecule has 1 nitrogen and oxygen atoms in total. The Bertz CT molecular complexity index is 476. The van der Waals surface area contributed by atoms with Crippen LogP contribution in [0.1, 0.15) is 38.2 Å². The number of rotatable bonds is 6. The van der Waals surface area contributed by atoms with Crippen molar-refractivity contribution in [2.45, 2.75) is 39.0 Å². The minimum absolute atomic E-state index is 0.182. The lowest BCUT2D eigenvalue weighted by atomic mass is 9.77. The summed E-state index contributed by atoms with van der Waals surface area (Å²) in [5, 5.41) is 3.51. The molecule has 0 aliphatic heterocycles. The number of nitrogens with one attached hydrogen (secondary N) is 1. The van der Waals surface area contributed by atoms with Crippen LogP contribution in [0.15, 0.2) is 18.2 Å². The summed E-state index contributed by atoms with van der Waals surface area (Å²) in [6.45, 7) is 4.14. The number of fused-ring (bicyclic) bond motifs is 1. The molecule has 0 saturated heterocycles. The molecule has 3 heteroatoms. The van der Waals surface area contributed by atoms with Gasteiger partial charge in [-0.15, -0.1) is 0 Å². The zero-order valence-corrected chi connectivity index (χ0v) is 12.1. The van der Waals surface area contributed by atoms with E-state index in [4.69, 9.17) is 0 Å². The van der Waals surface area contributed by atoms with Gasteiger partial charge in [-0.3, -0.25) is 0 Å². The topological polar surface area (TPSA) is 12.0 Å². The molecule has 20 heavy (non-hydrogen) atoms. The van der Waals surface area contributed by atoms with Crippen molar-refractivity contribution in [3.63, 3.8) is 0 Å². The quantitative estimate of drug-likeness (QED) is 0.778. The fourth-order valence-corrected chi connectivity index (χ4v) is 3.96. The summed E-state index contributed by atoms with van der Waals surface area (Å²) >= 11 is 0. The van der Waals surface area contributed by atoms with Gasteiger partial charge in [0.1, 0.15) is 11.6 Å². The largest absolute Gasteiger partial charge is 0.316 e. The Kier molecular flexibility index (Phi) is 3.80. The van der Waals surface area contributed by atoms with Crippen molar-refractivity contribution < 1.29 is 8.78 Å². The number of hydrogen-bond acceptors (Lipinski definition) is 1. The summed E-state index contributed by atoms with van der Waals surface area (Å²) in [6.07, 6.45) is 5.62. The first kappa shape index (κ1) is 14.0. The number of halogens is 2. The van der Waals surface area contributed by atoms with Crippen LogP contribution in [0, 0.1) is 28.9 Å². The molecule has 1 aromatic rings. The molecular formula is C17H23F2N. The Morgan fingerprint density at radius 3 is 2.65 bits per heavy atom. The average molecular weight is 279 g/mol. The Hall–Kier alpha value is -0.960. The van der Waals surface area contributed by atoms with Crippen LogP contribution in [0.2, 0.25) is 0 Å². The lowest BCUT2D eigenvalue weighted by Gasteiger charge is -2.32. The van der Waals surface area contributed by atoms with Gasteiger partial charge in [-0.2, -0.15) is 0 Å². The van der Waals surface area contributed by atoms with Crippen molar-refractivity contribution in [2.75, 3.05) is 13.1 Å². The highest BCUT2D eigenvalue weighted by Gasteiger charge is 2.53. The lowest BCUT2D eigenvalue weighted by Crippen LogP contribution is -2.35. The molecule has 0 heterocycles. The van der Waals surface area contributed by atoms with Crippen molar-refractivity contribution in [3.8, 4) is 0 Å². The fraction of sp³-hybridized carbons (Fsp3) is 0.647. The Labute approximate surface area is 119 Å². The van der Waals surface area contributed by atoms with Gasteiger partial charge >= 0.3 is 0 Å². The third kappa shape index (κ3) is 2.88. The molecule has 1 aromatic carbocycles. The molecule has 0 radical (unpaired) electrons. The molecule has 0 spiro atoms. The van der Waals surface area contributed by atoms with Crippen molar-refractivity contribution in [1.82, 2.24) is 5.32 Å². The van der Waals surface area contributed by atoms with E-state index in [0.717, 1.165) is 43.8 Å². The first-order chi connectivity index (χ1) is 9.62. The van der Waals surface area contributed by atoms with Crippen LogP contribution in [-0.2, 0) is 6.42 Å². The van der Waals surface area contributed by atoms with Gasteiger partial charge in [0.05, 0.1) is 0 Å². The molecule has 0 amide bonds. The van der Waals surface area contributed by atoms with Crippen LogP contribution in [0.3, 0.4) is 0 Å². The summed E-state index contributed by atoms with van der Waals surface area (Å²) in [5.74, 6) is 0.850. The second kappa shape index (κ2) is 5.44. The van der Waals surface area contributed by atoms with Crippen molar-refractivity contribution in [2.24, 2.45) is 17.3 Å². The third-order valence-corrected chi connectivity index (χ3v) is 4.97. The zero-order valence-electron chi connectivity index (χ0n) is 12.1. The van der Waals surface area contributed by atoms with E-state index in [1.807, 2.05) is 0 Å². The fourth-order valence-electron chi connectivity index (χ4n) is 3.96. The minimum atomic E-state index is -0.487. The Balaban J connectivity index is 1.72. The lowest BCUT2D eigenvalue weighted by molar-refractivity contribution is 0.246. The average Bonchev–Trinajstić information content (AvgIpc) is 3.02. The predicted octanol–water partition coefficient (Wildman–Crippen LogP) is 3.92. The van der Waals surface area contributed by atoms with Crippen LogP contribution in [0.4, 0.5) is 8.78 Å². The molecule has 2 saturated carbocycles. The van der Waals surface area contributed by atoms with E-state index in [1.54, 1.807) is 6.07 Å². The van der Waals surface area contributed by atoms with E-state index in [-0.39, 0.29) is 11.2 Å². The molecule has 1 N–H and O–H groups in total. The smallest absolute Gasteiger partial charge is 0.129 e. The van der Waals surface area contributed by atoms with Crippen molar-refractivity contribution >= 4 is 0 Å². The maximum atomic E-state index is 13.9. The van der Waals surface area contributed by atoms with Crippen LogP contribution < -0.4 is 5.32 Å². The SMILES string of the molecule is CCCNCC1(Cc2ccc(F)cc2F)CC2CC2C1. The van der Waals surface area contributed by atoms with E-state index >= 15 is 0 Å². The first-order valence-corrected chi connectivity index (χ1v) is 7.76. The van der Waals surface area contributed by atoms with Gasteiger partial charge in [-0.25, -0.2) is 8.78 Å². The second-order valence-electron chi connectivity index (χ2n) is 6.75.